The standard InChI is InChI=1S/C20H15ClN4OS/c21-14-7-5-13(6-8-14)20-24-15(12-27-20)11-22-19(26)17-4-2-1-3-16(17)18-9-10-23-25-18/h1-10,12H,11H2,(H,22,26)(H,23,25). The molecule has 0 atom stereocenters. The maximum absolute atomic E-state index is 12.7. The van der Waals surface area contributed by atoms with Crippen LogP contribution in [0.1, 0.15) is 16.1 Å². The molecule has 0 radical (unpaired) electrons. The zero-order valence-corrected chi connectivity index (χ0v) is 15.7. The molecule has 5 nitrogen and oxygen atoms in total. The van der Waals surface area contributed by atoms with Gasteiger partial charge in [0.1, 0.15) is 5.01 Å². The first-order valence-corrected chi connectivity index (χ1v) is 9.54. The second kappa shape index (κ2) is 7.73. The van der Waals surface area contributed by atoms with Crippen LogP contribution in [-0.2, 0) is 6.54 Å². The van der Waals surface area contributed by atoms with Gasteiger partial charge in [-0.2, -0.15) is 5.10 Å². The van der Waals surface area contributed by atoms with E-state index in [2.05, 4.69) is 20.5 Å². The van der Waals surface area contributed by atoms with Crippen LogP contribution in [0.25, 0.3) is 21.8 Å². The molecule has 0 saturated heterocycles. The van der Waals surface area contributed by atoms with Gasteiger partial charge >= 0.3 is 0 Å². The van der Waals surface area contributed by atoms with Gasteiger partial charge in [-0.15, -0.1) is 11.3 Å². The normalized spacial score (nSPS) is 10.7. The Hall–Kier alpha value is -2.96. The average molecular weight is 395 g/mol. The lowest BCUT2D eigenvalue weighted by molar-refractivity contribution is 0.0951. The highest BCUT2D eigenvalue weighted by Gasteiger charge is 2.13. The van der Waals surface area contributed by atoms with Gasteiger partial charge in [0.05, 0.1) is 17.9 Å². The van der Waals surface area contributed by atoms with Gasteiger partial charge in [-0.25, -0.2) is 4.98 Å². The Morgan fingerprint density at radius 2 is 1.93 bits per heavy atom. The lowest BCUT2D eigenvalue weighted by Crippen LogP contribution is -2.23. The van der Waals surface area contributed by atoms with E-state index in [1.165, 1.54) is 11.3 Å². The monoisotopic (exact) mass is 394 g/mol. The van der Waals surface area contributed by atoms with Crippen molar-refractivity contribution in [3.8, 4) is 21.8 Å². The maximum atomic E-state index is 12.7. The number of hydrogen-bond acceptors (Lipinski definition) is 4. The summed E-state index contributed by atoms with van der Waals surface area (Å²) in [6.07, 6.45) is 1.66. The number of halogens is 1. The van der Waals surface area contributed by atoms with Crippen LogP contribution in [0, 0.1) is 0 Å². The van der Waals surface area contributed by atoms with Crippen molar-refractivity contribution in [3.63, 3.8) is 0 Å². The van der Waals surface area contributed by atoms with Crippen molar-refractivity contribution in [2.24, 2.45) is 0 Å². The third kappa shape index (κ3) is 3.92. The number of rotatable bonds is 5. The Kier molecular flexibility index (Phi) is 5.00. The van der Waals surface area contributed by atoms with E-state index in [0.29, 0.717) is 17.1 Å². The summed E-state index contributed by atoms with van der Waals surface area (Å²) in [6.45, 7) is 0.361. The predicted octanol–water partition coefficient (Wildman–Crippen LogP) is 4.78. The fraction of sp³-hybridized carbons (Fsp3) is 0.0500. The van der Waals surface area contributed by atoms with Crippen LogP contribution < -0.4 is 5.32 Å². The van der Waals surface area contributed by atoms with Crippen molar-refractivity contribution in [2.75, 3.05) is 0 Å². The Labute approximate surface area is 165 Å². The summed E-state index contributed by atoms with van der Waals surface area (Å²) in [5.41, 5.74) is 4.03. The number of H-pyrrole nitrogens is 1. The molecule has 1 amide bonds. The van der Waals surface area contributed by atoms with Crippen LogP contribution in [0.3, 0.4) is 0 Å². The maximum Gasteiger partial charge on any atom is 0.252 e. The smallest absolute Gasteiger partial charge is 0.252 e. The number of aromatic nitrogens is 3. The van der Waals surface area contributed by atoms with Crippen molar-refractivity contribution in [3.05, 3.63) is 82.5 Å². The molecule has 27 heavy (non-hydrogen) atoms. The summed E-state index contributed by atoms with van der Waals surface area (Å²) in [7, 11) is 0. The van der Waals surface area contributed by atoms with E-state index in [1.807, 2.05) is 53.9 Å². The first-order chi connectivity index (χ1) is 13.2. The molecule has 0 aliphatic rings. The van der Waals surface area contributed by atoms with E-state index >= 15 is 0 Å². The van der Waals surface area contributed by atoms with E-state index in [9.17, 15) is 4.79 Å². The van der Waals surface area contributed by atoms with Crippen LogP contribution >= 0.6 is 22.9 Å². The van der Waals surface area contributed by atoms with Crippen LogP contribution in [-0.4, -0.2) is 21.1 Å². The molecule has 0 aliphatic heterocycles. The van der Waals surface area contributed by atoms with Gasteiger partial charge in [-0.3, -0.25) is 9.89 Å². The number of amides is 1. The molecule has 2 aromatic heterocycles. The molecule has 0 fully saturated rings. The summed E-state index contributed by atoms with van der Waals surface area (Å²) in [4.78, 5) is 17.3. The number of carbonyl (C=O) groups is 1. The van der Waals surface area contributed by atoms with Gasteiger partial charge < -0.3 is 5.32 Å². The van der Waals surface area contributed by atoms with Gasteiger partial charge in [0.25, 0.3) is 5.91 Å². The zero-order chi connectivity index (χ0) is 18.6. The molecule has 0 spiro atoms. The Bertz CT molecular complexity index is 1060. The number of benzene rings is 2. The van der Waals surface area contributed by atoms with E-state index in [-0.39, 0.29) is 5.91 Å². The number of nitrogens with one attached hydrogen (secondary N) is 2. The largest absolute Gasteiger partial charge is 0.346 e. The van der Waals surface area contributed by atoms with E-state index < -0.39 is 0 Å². The number of aromatic amines is 1. The Balaban J connectivity index is 1.47. The highest BCUT2D eigenvalue weighted by atomic mass is 35.5. The summed E-state index contributed by atoms with van der Waals surface area (Å²) in [5, 5.41) is 13.3. The quantitative estimate of drug-likeness (QED) is 0.511. The number of nitrogens with zero attached hydrogens (tertiary/aromatic N) is 2. The van der Waals surface area contributed by atoms with Crippen LogP contribution in [0.5, 0.6) is 0 Å². The molecule has 0 saturated carbocycles. The summed E-state index contributed by atoms with van der Waals surface area (Å²) in [5.74, 6) is -0.152. The number of thiazole rings is 1. The highest BCUT2D eigenvalue weighted by Crippen LogP contribution is 2.25. The molecular weight excluding hydrogens is 380 g/mol. The second-order valence-electron chi connectivity index (χ2n) is 5.85. The first kappa shape index (κ1) is 17.5. The second-order valence-corrected chi connectivity index (χ2v) is 7.14. The summed E-state index contributed by atoms with van der Waals surface area (Å²) < 4.78 is 0. The molecule has 2 heterocycles. The number of carbonyl (C=O) groups excluding carboxylic acids is 1. The van der Waals surface area contributed by atoms with Gasteiger partial charge in [-0.05, 0) is 24.3 Å². The number of hydrogen-bond donors (Lipinski definition) is 2. The molecule has 0 unspecified atom stereocenters. The lowest BCUT2D eigenvalue weighted by Gasteiger charge is -2.08. The van der Waals surface area contributed by atoms with Crippen LogP contribution in [0.15, 0.2) is 66.2 Å². The van der Waals surface area contributed by atoms with Crippen molar-refractivity contribution in [1.29, 1.82) is 0 Å². The first-order valence-electron chi connectivity index (χ1n) is 8.28. The summed E-state index contributed by atoms with van der Waals surface area (Å²) in [6, 6.07) is 16.8. The molecule has 0 aliphatic carbocycles. The highest BCUT2D eigenvalue weighted by molar-refractivity contribution is 7.13. The van der Waals surface area contributed by atoms with Crippen molar-refractivity contribution >= 4 is 28.8 Å². The minimum atomic E-state index is -0.152. The third-order valence-electron chi connectivity index (χ3n) is 4.04. The topological polar surface area (TPSA) is 70.7 Å². The van der Waals surface area contributed by atoms with E-state index in [0.717, 1.165) is 27.5 Å². The molecule has 4 rings (SSSR count). The molecule has 134 valence electrons. The average Bonchev–Trinajstić information content (AvgIpc) is 3.39. The minimum absolute atomic E-state index is 0.152. The molecule has 2 aromatic carbocycles. The fourth-order valence-electron chi connectivity index (χ4n) is 2.70. The van der Waals surface area contributed by atoms with Crippen molar-refractivity contribution in [2.45, 2.75) is 6.54 Å². The molecule has 4 aromatic rings. The Morgan fingerprint density at radius 1 is 1.11 bits per heavy atom. The molecule has 7 heteroatoms. The summed E-state index contributed by atoms with van der Waals surface area (Å²) >= 11 is 7.46. The lowest BCUT2D eigenvalue weighted by atomic mass is 10.0. The zero-order valence-electron chi connectivity index (χ0n) is 14.1. The fourth-order valence-corrected chi connectivity index (χ4v) is 3.65. The predicted molar refractivity (Wildman–Crippen MR) is 108 cm³/mol. The van der Waals surface area contributed by atoms with E-state index in [4.69, 9.17) is 11.6 Å². The third-order valence-corrected chi connectivity index (χ3v) is 5.23. The van der Waals surface area contributed by atoms with Gasteiger partial charge in [0.2, 0.25) is 0 Å². The molecule has 2 N–H and O–H groups in total. The van der Waals surface area contributed by atoms with Gasteiger partial charge in [-0.1, -0.05) is 41.9 Å². The van der Waals surface area contributed by atoms with Crippen LogP contribution in [0.2, 0.25) is 5.02 Å². The van der Waals surface area contributed by atoms with Crippen molar-refractivity contribution in [1.82, 2.24) is 20.5 Å². The SMILES string of the molecule is O=C(NCc1csc(-c2ccc(Cl)cc2)n1)c1ccccc1-c1ccn[nH]1. The van der Waals surface area contributed by atoms with Gasteiger partial charge in [0.15, 0.2) is 0 Å². The van der Waals surface area contributed by atoms with E-state index in [1.54, 1.807) is 12.3 Å². The van der Waals surface area contributed by atoms with Crippen LogP contribution in [0.4, 0.5) is 0 Å². The minimum Gasteiger partial charge on any atom is -0.346 e. The Morgan fingerprint density at radius 3 is 2.70 bits per heavy atom. The van der Waals surface area contributed by atoms with Crippen molar-refractivity contribution < 1.29 is 4.79 Å². The van der Waals surface area contributed by atoms with Gasteiger partial charge in [0, 0.05) is 33.3 Å². The molecular formula is C20H15ClN4OS. The molecule has 0 bridgehead atoms.